The second-order valence-corrected chi connectivity index (χ2v) is 2.72. The molecule has 0 aliphatic heterocycles. The molecule has 62 valence electrons. The third kappa shape index (κ3) is 1.82. The van der Waals surface area contributed by atoms with Crippen LogP contribution in [0.15, 0.2) is 37.1 Å². The molecule has 0 unspecified atom stereocenters. The highest BCUT2D eigenvalue weighted by atomic mass is 14.7. The van der Waals surface area contributed by atoms with Gasteiger partial charge in [0.1, 0.15) is 0 Å². The Morgan fingerprint density at radius 3 is 2.92 bits per heavy atom. The van der Waals surface area contributed by atoms with E-state index in [1.54, 1.807) is 12.3 Å². The van der Waals surface area contributed by atoms with Crippen molar-refractivity contribution in [3.8, 4) is 0 Å². The van der Waals surface area contributed by atoms with Gasteiger partial charge in [-0.3, -0.25) is 4.98 Å². The Balaban J connectivity index is 3.10. The summed E-state index contributed by atoms with van der Waals surface area (Å²) in [6.07, 6.45) is 5.59. The molecular formula is C11H13N. The first-order valence-corrected chi connectivity index (χ1v) is 3.97. The van der Waals surface area contributed by atoms with Crippen molar-refractivity contribution >= 4 is 5.57 Å². The van der Waals surface area contributed by atoms with Crippen molar-refractivity contribution in [1.82, 2.24) is 4.98 Å². The molecule has 1 nitrogen and oxygen atoms in total. The summed E-state index contributed by atoms with van der Waals surface area (Å²) in [5, 5.41) is 0. The van der Waals surface area contributed by atoms with E-state index >= 15 is 0 Å². The maximum atomic E-state index is 4.21. The zero-order valence-corrected chi connectivity index (χ0v) is 7.54. The van der Waals surface area contributed by atoms with E-state index in [4.69, 9.17) is 0 Å². The van der Waals surface area contributed by atoms with Crippen LogP contribution in [0.1, 0.15) is 18.2 Å². The van der Waals surface area contributed by atoms with Gasteiger partial charge in [-0.2, -0.15) is 0 Å². The molecule has 1 heteroatoms. The number of pyridine rings is 1. The van der Waals surface area contributed by atoms with Crippen LogP contribution in [-0.2, 0) is 0 Å². The lowest BCUT2D eigenvalue weighted by Gasteiger charge is -2.02. The fraction of sp³-hybridized carbons (Fsp3) is 0.182. The highest BCUT2D eigenvalue weighted by Gasteiger charge is 1.97. The molecule has 0 spiro atoms. The van der Waals surface area contributed by atoms with Crippen molar-refractivity contribution in [1.29, 1.82) is 0 Å². The zero-order valence-electron chi connectivity index (χ0n) is 7.54. The summed E-state index contributed by atoms with van der Waals surface area (Å²) < 4.78 is 0. The maximum absolute atomic E-state index is 4.21. The Kier molecular flexibility index (Phi) is 2.81. The van der Waals surface area contributed by atoms with Crippen molar-refractivity contribution in [3.63, 3.8) is 0 Å². The second kappa shape index (κ2) is 3.86. The maximum Gasteiger partial charge on any atom is 0.0447 e. The minimum Gasteiger partial charge on any atom is -0.261 e. The van der Waals surface area contributed by atoms with E-state index in [1.807, 2.05) is 19.1 Å². The lowest BCUT2D eigenvalue weighted by atomic mass is 10.1. The molecule has 1 aromatic rings. The van der Waals surface area contributed by atoms with Crippen LogP contribution in [0.2, 0.25) is 0 Å². The van der Waals surface area contributed by atoms with E-state index in [0.29, 0.717) is 0 Å². The third-order valence-corrected chi connectivity index (χ3v) is 1.80. The van der Waals surface area contributed by atoms with Gasteiger partial charge in [-0.15, -0.1) is 0 Å². The minimum atomic E-state index is 1.06. The van der Waals surface area contributed by atoms with Crippen LogP contribution >= 0.6 is 0 Å². The van der Waals surface area contributed by atoms with Crippen molar-refractivity contribution in [2.24, 2.45) is 0 Å². The molecular weight excluding hydrogens is 146 g/mol. The number of hydrogen-bond acceptors (Lipinski definition) is 1. The minimum absolute atomic E-state index is 1.06. The average Bonchev–Trinajstić information content (AvgIpc) is 2.05. The summed E-state index contributed by atoms with van der Waals surface area (Å²) in [7, 11) is 0. The molecule has 0 atom stereocenters. The van der Waals surface area contributed by atoms with Crippen LogP contribution in [0.25, 0.3) is 5.57 Å². The van der Waals surface area contributed by atoms with Gasteiger partial charge in [0, 0.05) is 11.9 Å². The predicted molar refractivity (Wildman–Crippen MR) is 52.8 cm³/mol. The Bertz CT molecular complexity index is 311. The lowest BCUT2D eigenvalue weighted by Crippen LogP contribution is -1.87. The molecule has 0 aromatic carbocycles. The average molecular weight is 159 g/mol. The van der Waals surface area contributed by atoms with E-state index in [9.17, 15) is 0 Å². The summed E-state index contributed by atoms with van der Waals surface area (Å²) in [4.78, 5) is 4.21. The monoisotopic (exact) mass is 159 g/mol. The molecule has 0 N–H and O–H groups in total. The molecule has 0 amide bonds. The topological polar surface area (TPSA) is 12.9 Å². The second-order valence-electron chi connectivity index (χ2n) is 2.72. The van der Waals surface area contributed by atoms with Gasteiger partial charge in [0.25, 0.3) is 0 Å². The standard InChI is InChI=1S/C11H13N/c1-4-6-9(2)11-7-5-8-12-10(11)3/h4-8H,1H2,2-3H3/b9-6-. The van der Waals surface area contributed by atoms with Crippen LogP contribution in [0.3, 0.4) is 0 Å². The third-order valence-electron chi connectivity index (χ3n) is 1.80. The Morgan fingerprint density at radius 1 is 1.58 bits per heavy atom. The van der Waals surface area contributed by atoms with Crippen molar-refractivity contribution < 1.29 is 0 Å². The van der Waals surface area contributed by atoms with Gasteiger partial charge >= 0.3 is 0 Å². The molecule has 1 aromatic heterocycles. The number of hydrogen-bond donors (Lipinski definition) is 0. The number of rotatable bonds is 2. The molecule has 0 aliphatic rings. The predicted octanol–water partition coefficient (Wildman–Crippen LogP) is 2.98. The molecule has 0 aliphatic carbocycles. The Morgan fingerprint density at radius 2 is 2.33 bits per heavy atom. The smallest absolute Gasteiger partial charge is 0.0447 e. The van der Waals surface area contributed by atoms with E-state index in [1.165, 1.54) is 11.1 Å². The van der Waals surface area contributed by atoms with Gasteiger partial charge in [0.2, 0.25) is 0 Å². The van der Waals surface area contributed by atoms with Gasteiger partial charge in [0.05, 0.1) is 0 Å². The first kappa shape index (κ1) is 8.72. The van der Waals surface area contributed by atoms with Crippen molar-refractivity contribution in [2.45, 2.75) is 13.8 Å². The molecule has 0 bridgehead atoms. The van der Waals surface area contributed by atoms with Crippen LogP contribution < -0.4 is 0 Å². The molecule has 12 heavy (non-hydrogen) atoms. The van der Waals surface area contributed by atoms with E-state index in [0.717, 1.165) is 5.69 Å². The van der Waals surface area contributed by atoms with Crippen LogP contribution in [-0.4, -0.2) is 4.98 Å². The summed E-state index contributed by atoms with van der Waals surface area (Å²) in [6.45, 7) is 7.73. The van der Waals surface area contributed by atoms with Crippen molar-refractivity contribution in [2.75, 3.05) is 0 Å². The van der Waals surface area contributed by atoms with Crippen molar-refractivity contribution in [3.05, 3.63) is 48.3 Å². The van der Waals surface area contributed by atoms with Gasteiger partial charge in [-0.1, -0.05) is 24.8 Å². The van der Waals surface area contributed by atoms with Crippen LogP contribution in [0.5, 0.6) is 0 Å². The SMILES string of the molecule is C=C/C=C(/C)c1cccnc1C. The highest BCUT2D eigenvalue weighted by Crippen LogP contribution is 2.15. The van der Waals surface area contributed by atoms with Gasteiger partial charge < -0.3 is 0 Å². The van der Waals surface area contributed by atoms with E-state index < -0.39 is 0 Å². The summed E-state index contributed by atoms with van der Waals surface area (Å²) in [5.41, 5.74) is 3.46. The largest absolute Gasteiger partial charge is 0.261 e. The lowest BCUT2D eigenvalue weighted by molar-refractivity contribution is 1.18. The molecule has 0 radical (unpaired) electrons. The summed E-state index contributed by atoms with van der Waals surface area (Å²) >= 11 is 0. The Labute approximate surface area is 73.5 Å². The number of nitrogens with zero attached hydrogens (tertiary/aromatic N) is 1. The highest BCUT2D eigenvalue weighted by molar-refractivity contribution is 5.66. The number of aromatic nitrogens is 1. The van der Waals surface area contributed by atoms with Gasteiger partial charge in [-0.25, -0.2) is 0 Å². The van der Waals surface area contributed by atoms with Gasteiger partial charge in [-0.05, 0) is 31.1 Å². The fourth-order valence-electron chi connectivity index (χ4n) is 1.17. The van der Waals surface area contributed by atoms with E-state index in [2.05, 4.69) is 24.6 Å². The zero-order chi connectivity index (χ0) is 8.97. The van der Waals surface area contributed by atoms with Gasteiger partial charge in [0.15, 0.2) is 0 Å². The molecule has 0 saturated carbocycles. The number of allylic oxidation sites excluding steroid dienone is 3. The van der Waals surface area contributed by atoms with Crippen LogP contribution in [0, 0.1) is 6.92 Å². The first-order valence-electron chi connectivity index (χ1n) is 3.97. The molecule has 0 fully saturated rings. The number of aryl methyl sites for hydroxylation is 1. The fourth-order valence-corrected chi connectivity index (χ4v) is 1.17. The summed E-state index contributed by atoms with van der Waals surface area (Å²) in [5.74, 6) is 0. The Hall–Kier alpha value is -1.37. The molecule has 1 rings (SSSR count). The first-order chi connectivity index (χ1) is 5.75. The normalized spacial score (nSPS) is 11.3. The molecule has 1 heterocycles. The quantitative estimate of drug-likeness (QED) is 0.604. The van der Waals surface area contributed by atoms with Crippen LogP contribution in [0.4, 0.5) is 0 Å². The van der Waals surface area contributed by atoms with E-state index in [-0.39, 0.29) is 0 Å². The molecule has 0 saturated heterocycles. The summed E-state index contributed by atoms with van der Waals surface area (Å²) in [6, 6.07) is 4.01.